The molecule has 0 spiro atoms. The maximum Gasteiger partial charge on any atom is 0.123 e. The van der Waals surface area contributed by atoms with Crippen LogP contribution in [0.25, 0.3) is 0 Å². The van der Waals surface area contributed by atoms with Gasteiger partial charge in [0.2, 0.25) is 0 Å². The Kier molecular flexibility index (Phi) is 3.82. The Hall–Kier alpha value is -0.600. The first-order valence-electron chi connectivity index (χ1n) is 5.82. The van der Waals surface area contributed by atoms with Crippen molar-refractivity contribution in [2.24, 2.45) is 5.92 Å². The average molecular weight is 242 g/mol. The molecule has 1 fully saturated rings. The first-order valence-corrected chi connectivity index (χ1v) is 6.20. The number of nitrogens with one attached hydrogen (secondary N) is 1. The van der Waals surface area contributed by atoms with Crippen molar-refractivity contribution in [2.75, 3.05) is 0 Å². The molecule has 0 aliphatic heterocycles. The van der Waals surface area contributed by atoms with Crippen molar-refractivity contribution in [1.82, 2.24) is 5.32 Å². The largest absolute Gasteiger partial charge is 0.310 e. The van der Waals surface area contributed by atoms with Crippen LogP contribution in [0.4, 0.5) is 4.39 Å². The number of rotatable bonds is 3. The van der Waals surface area contributed by atoms with Crippen molar-refractivity contribution in [3.63, 3.8) is 0 Å². The zero-order valence-corrected chi connectivity index (χ0v) is 10.2. The molecule has 0 saturated heterocycles. The van der Waals surface area contributed by atoms with Crippen molar-refractivity contribution >= 4 is 11.6 Å². The first kappa shape index (κ1) is 11.9. The van der Waals surface area contributed by atoms with E-state index < -0.39 is 0 Å². The molecule has 1 aromatic carbocycles. The summed E-state index contributed by atoms with van der Waals surface area (Å²) in [5, 5.41) is 4.08. The highest BCUT2D eigenvalue weighted by Gasteiger charge is 2.20. The van der Waals surface area contributed by atoms with Gasteiger partial charge in [-0.1, -0.05) is 18.5 Å². The van der Waals surface area contributed by atoms with E-state index in [1.165, 1.54) is 31.4 Å². The van der Waals surface area contributed by atoms with Gasteiger partial charge in [-0.15, -0.1) is 0 Å². The van der Waals surface area contributed by atoms with Gasteiger partial charge in [0.25, 0.3) is 0 Å². The van der Waals surface area contributed by atoms with E-state index in [9.17, 15) is 4.39 Å². The minimum absolute atomic E-state index is 0.221. The molecule has 2 unspecified atom stereocenters. The van der Waals surface area contributed by atoms with Gasteiger partial charge >= 0.3 is 0 Å². The van der Waals surface area contributed by atoms with Gasteiger partial charge in [-0.2, -0.15) is 0 Å². The summed E-state index contributed by atoms with van der Waals surface area (Å²) in [5.41, 5.74) is 0.848. The number of halogens is 2. The fourth-order valence-electron chi connectivity index (χ4n) is 2.33. The third kappa shape index (κ3) is 2.96. The molecular formula is C13H17ClFN. The van der Waals surface area contributed by atoms with Crippen molar-refractivity contribution in [3.05, 3.63) is 34.6 Å². The van der Waals surface area contributed by atoms with Gasteiger partial charge in [-0.25, -0.2) is 4.39 Å². The Morgan fingerprint density at radius 2 is 2.25 bits per heavy atom. The Labute approximate surface area is 101 Å². The van der Waals surface area contributed by atoms with Crippen molar-refractivity contribution in [3.8, 4) is 0 Å². The molecule has 2 atom stereocenters. The van der Waals surface area contributed by atoms with E-state index in [0.717, 1.165) is 11.5 Å². The second kappa shape index (κ2) is 5.15. The lowest BCUT2D eigenvalue weighted by Crippen LogP contribution is -2.25. The van der Waals surface area contributed by atoms with Crippen LogP contribution >= 0.6 is 11.6 Å². The fraction of sp³-hybridized carbons (Fsp3) is 0.538. The van der Waals surface area contributed by atoms with Crippen LogP contribution in [0.3, 0.4) is 0 Å². The van der Waals surface area contributed by atoms with Crippen LogP contribution in [0.1, 0.15) is 31.7 Å². The second-order valence-electron chi connectivity index (χ2n) is 4.73. The standard InChI is InChI=1S/C13H17ClFN/c1-9-2-4-12(6-9)16-8-10-7-11(15)3-5-13(10)14/h3,5,7,9,12,16H,2,4,6,8H2,1H3. The topological polar surface area (TPSA) is 12.0 Å². The summed E-state index contributed by atoms with van der Waals surface area (Å²) >= 11 is 6.00. The van der Waals surface area contributed by atoms with Gasteiger partial charge in [-0.05, 0) is 48.9 Å². The minimum Gasteiger partial charge on any atom is -0.310 e. The van der Waals surface area contributed by atoms with Crippen LogP contribution in [-0.4, -0.2) is 6.04 Å². The molecule has 1 nitrogen and oxygen atoms in total. The zero-order valence-electron chi connectivity index (χ0n) is 9.47. The predicted molar refractivity (Wildman–Crippen MR) is 65.1 cm³/mol. The summed E-state index contributed by atoms with van der Waals surface area (Å²) < 4.78 is 13.0. The van der Waals surface area contributed by atoms with E-state index in [2.05, 4.69) is 12.2 Å². The van der Waals surface area contributed by atoms with Gasteiger partial charge in [0, 0.05) is 17.6 Å². The third-order valence-corrected chi connectivity index (χ3v) is 3.65. The summed E-state index contributed by atoms with van der Waals surface area (Å²) in [4.78, 5) is 0. The van der Waals surface area contributed by atoms with Crippen molar-refractivity contribution in [2.45, 2.75) is 38.8 Å². The lowest BCUT2D eigenvalue weighted by Gasteiger charge is -2.13. The summed E-state index contributed by atoms with van der Waals surface area (Å²) in [5.74, 6) is 0.585. The third-order valence-electron chi connectivity index (χ3n) is 3.28. The molecule has 0 bridgehead atoms. The SMILES string of the molecule is CC1CCC(NCc2cc(F)ccc2Cl)C1. The Morgan fingerprint density at radius 3 is 2.94 bits per heavy atom. The highest BCUT2D eigenvalue weighted by atomic mass is 35.5. The lowest BCUT2D eigenvalue weighted by atomic mass is 10.1. The lowest BCUT2D eigenvalue weighted by molar-refractivity contribution is 0.501. The molecule has 0 heterocycles. The normalized spacial score (nSPS) is 24.9. The predicted octanol–water partition coefficient (Wildman–Crippen LogP) is 3.76. The van der Waals surface area contributed by atoms with Crippen LogP contribution in [0.15, 0.2) is 18.2 Å². The molecule has 0 amide bonds. The molecule has 0 aromatic heterocycles. The summed E-state index contributed by atoms with van der Waals surface area (Å²) in [6.45, 7) is 2.94. The summed E-state index contributed by atoms with van der Waals surface area (Å²) in [7, 11) is 0. The maximum atomic E-state index is 13.0. The fourth-order valence-corrected chi connectivity index (χ4v) is 2.51. The number of benzene rings is 1. The van der Waals surface area contributed by atoms with Crippen LogP contribution in [0, 0.1) is 11.7 Å². The van der Waals surface area contributed by atoms with E-state index in [4.69, 9.17) is 11.6 Å². The minimum atomic E-state index is -0.221. The molecule has 16 heavy (non-hydrogen) atoms. The second-order valence-corrected chi connectivity index (χ2v) is 5.14. The van der Waals surface area contributed by atoms with E-state index in [1.807, 2.05) is 0 Å². The van der Waals surface area contributed by atoms with Crippen molar-refractivity contribution in [1.29, 1.82) is 0 Å². The zero-order chi connectivity index (χ0) is 11.5. The average Bonchev–Trinajstić information content (AvgIpc) is 2.66. The number of hydrogen-bond donors (Lipinski definition) is 1. The van der Waals surface area contributed by atoms with E-state index in [-0.39, 0.29) is 5.82 Å². The van der Waals surface area contributed by atoms with Gasteiger partial charge in [0.05, 0.1) is 0 Å². The molecular weight excluding hydrogens is 225 g/mol. The Balaban J connectivity index is 1.91. The summed E-state index contributed by atoms with van der Waals surface area (Å²) in [6.07, 6.45) is 3.72. The molecule has 2 rings (SSSR count). The molecule has 88 valence electrons. The molecule has 0 radical (unpaired) electrons. The number of hydrogen-bond acceptors (Lipinski definition) is 1. The molecule has 1 aliphatic carbocycles. The molecule has 1 aromatic rings. The summed E-state index contributed by atoms with van der Waals surface area (Å²) in [6, 6.07) is 5.08. The van der Waals surface area contributed by atoms with Gasteiger partial charge in [0.1, 0.15) is 5.82 Å². The molecule has 1 aliphatic rings. The van der Waals surface area contributed by atoms with E-state index in [0.29, 0.717) is 17.6 Å². The van der Waals surface area contributed by atoms with Crippen LogP contribution < -0.4 is 5.32 Å². The molecule has 3 heteroatoms. The smallest absolute Gasteiger partial charge is 0.123 e. The monoisotopic (exact) mass is 241 g/mol. The highest BCUT2D eigenvalue weighted by molar-refractivity contribution is 6.31. The first-order chi connectivity index (χ1) is 7.65. The molecule has 1 saturated carbocycles. The van der Waals surface area contributed by atoms with E-state index in [1.54, 1.807) is 6.07 Å². The highest BCUT2D eigenvalue weighted by Crippen LogP contribution is 2.25. The molecule has 1 N–H and O–H groups in total. The Morgan fingerprint density at radius 1 is 1.44 bits per heavy atom. The quantitative estimate of drug-likeness (QED) is 0.850. The van der Waals surface area contributed by atoms with Gasteiger partial charge in [0.15, 0.2) is 0 Å². The van der Waals surface area contributed by atoms with Crippen LogP contribution in [0.5, 0.6) is 0 Å². The maximum absolute atomic E-state index is 13.0. The van der Waals surface area contributed by atoms with E-state index >= 15 is 0 Å². The Bertz CT molecular complexity index is 367. The van der Waals surface area contributed by atoms with Crippen molar-refractivity contribution < 1.29 is 4.39 Å². The van der Waals surface area contributed by atoms with Crippen LogP contribution in [0.2, 0.25) is 5.02 Å². The van der Waals surface area contributed by atoms with Gasteiger partial charge < -0.3 is 5.32 Å². The van der Waals surface area contributed by atoms with Gasteiger partial charge in [-0.3, -0.25) is 0 Å². The van der Waals surface area contributed by atoms with Crippen LogP contribution in [-0.2, 0) is 6.54 Å².